The summed E-state index contributed by atoms with van der Waals surface area (Å²) < 4.78 is 1.87. The molecule has 1 N–H and O–H groups in total. The molecule has 4 nitrogen and oxygen atoms in total. The molecule has 0 amide bonds. The van der Waals surface area contributed by atoms with Crippen molar-refractivity contribution in [2.75, 3.05) is 11.4 Å². The highest BCUT2D eigenvalue weighted by molar-refractivity contribution is 6.36. The van der Waals surface area contributed by atoms with Crippen molar-refractivity contribution in [3.63, 3.8) is 0 Å². The van der Waals surface area contributed by atoms with Crippen LogP contribution in [0.3, 0.4) is 0 Å². The number of aromatic nitrogens is 2. The Morgan fingerprint density at radius 2 is 1.88 bits per heavy atom. The quantitative estimate of drug-likeness (QED) is 0.691. The lowest BCUT2D eigenvalue weighted by Crippen LogP contribution is -2.31. The number of fused-ring (bicyclic) bond motifs is 1. The van der Waals surface area contributed by atoms with E-state index in [1.54, 1.807) is 6.07 Å². The van der Waals surface area contributed by atoms with Gasteiger partial charge < -0.3 is 10.0 Å². The number of anilines is 2. The minimum absolute atomic E-state index is 0.620. The Kier molecular flexibility index (Phi) is 5.85. The maximum absolute atomic E-state index is 11.4. The second kappa shape index (κ2) is 7.79. The first kappa shape index (κ1) is 19.5. The largest absolute Gasteiger partial charge is 0.384 e. The predicted octanol–water partition coefficient (Wildman–Crippen LogP) is 5.60. The van der Waals surface area contributed by atoms with Crippen LogP contribution in [-0.4, -0.2) is 21.4 Å². The number of aryl methyl sites for hydroxylation is 1. The number of benzene rings is 1. The summed E-state index contributed by atoms with van der Waals surface area (Å²) in [6.45, 7) is 5.08. The molecule has 26 heavy (non-hydrogen) atoms. The van der Waals surface area contributed by atoms with Gasteiger partial charge in [0.1, 0.15) is 5.60 Å². The molecule has 1 aromatic carbocycles. The van der Waals surface area contributed by atoms with E-state index in [1.165, 1.54) is 0 Å². The highest BCUT2D eigenvalue weighted by Crippen LogP contribution is 2.43. The molecule has 0 fully saturated rings. The molecule has 0 saturated heterocycles. The highest BCUT2D eigenvalue weighted by atomic mass is 35.5. The molecule has 0 atom stereocenters. The van der Waals surface area contributed by atoms with Crippen molar-refractivity contribution in [2.24, 2.45) is 7.05 Å². The third-order valence-electron chi connectivity index (χ3n) is 5.16. The number of nitrogens with zero attached hydrogens (tertiary/aromatic N) is 3. The number of hydrogen-bond donors (Lipinski definition) is 1. The van der Waals surface area contributed by atoms with Gasteiger partial charge in [0, 0.05) is 24.2 Å². The van der Waals surface area contributed by atoms with E-state index in [9.17, 15) is 5.11 Å². The Morgan fingerprint density at radius 3 is 2.50 bits per heavy atom. The van der Waals surface area contributed by atoms with Gasteiger partial charge >= 0.3 is 0 Å². The van der Waals surface area contributed by atoms with E-state index in [1.807, 2.05) is 23.9 Å². The molecule has 0 bridgehead atoms. The monoisotopic (exact) mass is 395 g/mol. The van der Waals surface area contributed by atoms with Crippen LogP contribution >= 0.6 is 23.2 Å². The topological polar surface area (TPSA) is 41.3 Å². The normalized spacial score (nSPS) is 14.6. The zero-order valence-electron chi connectivity index (χ0n) is 15.7. The van der Waals surface area contributed by atoms with Gasteiger partial charge in [0.15, 0.2) is 5.82 Å². The lowest BCUT2D eigenvalue weighted by Gasteiger charge is -2.32. The van der Waals surface area contributed by atoms with Gasteiger partial charge in [-0.15, -0.1) is 0 Å². The van der Waals surface area contributed by atoms with Crippen LogP contribution in [0.5, 0.6) is 0 Å². The van der Waals surface area contributed by atoms with Crippen molar-refractivity contribution < 1.29 is 5.11 Å². The Balaban J connectivity index is 2.10. The van der Waals surface area contributed by atoms with E-state index in [0.29, 0.717) is 10.0 Å². The summed E-state index contributed by atoms with van der Waals surface area (Å²) in [5.74, 6) is 0.906. The molecule has 0 aliphatic carbocycles. The number of rotatable bonds is 6. The molecule has 2 heterocycles. The first-order valence-electron chi connectivity index (χ1n) is 9.42. The Morgan fingerprint density at radius 1 is 1.19 bits per heavy atom. The van der Waals surface area contributed by atoms with E-state index in [-0.39, 0.29) is 0 Å². The average molecular weight is 396 g/mol. The van der Waals surface area contributed by atoms with Crippen molar-refractivity contribution >= 4 is 34.7 Å². The molecule has 1 aliphatic rings. The molecule has 0 saturated carbocycles. The van der Waals surface area contributed by atoms with Gasteiger partial charge in [-0.1, -0.05) is 49.9 Å². The van der Waals surface area contributed by atoms with E-state index in [2.05, 4.69) is 18.7 Å². The molecule has 2 aromatic rings. The van der Waals surface area contributed by atoms with Crippen LogP contribution in [0.25, 0.3) is 0 Å². The molecule has 3 rings (SSSR count). The van der Waals surface area contributed by atoms with Crippen molar-refractivity contribution in [1.29, 1.82) is 0 Å². The van der Waals surface area contributed by atoms with Crippen LogP contribution in [0.4, 0.5) is 11.5 Å². The molecule has 1 aliphatic heterocycles. The summed E-state index contributed by atoms with van der Waals surface area (Å²) in [6.07, 6.45) is 5.28. The average Bonchev–Trinajstić information content (AvgIpc) is 2.92. The van der Waals surface area contributed by atoms with Gasteiger partial charge in [-0.3, -0.25) is 4.68 Å². The third-order valence-corrected chi connectivity index (χ3v) is 5.69. The summed E-state index contributed by atoms with van der Waals surface area (Å²) in [4.78, 5) is 2.15. The Bertz CT molecular complexity index is 782. The lowest BCUT2D eigenvalue weighted by molar-refractivity contribution is 0.00829. The van der Waals surface area contributed by atoms with Crippen LogP contribution in [0, 0.1) is 0 Å². The summed E-state index contributed by atoms with van der Waals surface area (Å²) in [5.41, 5.74) is 2.20. The Hall–Kier alpha value is -1.23. The number of hydrogen-bond acceptors (Lipinski definition) is 3. The summed E-state index contributed by atoms with van der Waals surface area (Å²) in [5, 5.41) is 17.5. The van der Waals surface area contributed by atoms with E-state index >= 15 is 0 Å². The lowest BCUT2D eigenvalue weighted by atomic mass is 9.85. The summed E-state index contributed by atoms with van der Waals surface area (Å²) in [7, 11) is 1.94. The van der Waals surface area contributed by atoms with E-state index in [0.717, 1.165) is 67.8 Å². The number of aliphatic hydroxyl groups is 1. The fraction of sp³-hybridized carbons (Fsp3) is 0.550. The molecule has 0 spiro atoms. The van der Waals surface area contributed by atoms with Gasteiger partial charge in [-0.05, 0) is 43.9 Å². The molecule has 142 valence electrons. The molecule has 6 heteroatoms. The number of halogens is 2. The SMILES string of the molecule is CCCC(O)(CCC)c1c2c(nn1C)N(c1ccc(Cl)cc1Cl)CCC2. The summed E-state index contributed by atoms with van der Waals surface area (Å²) in [6, 6.07) is 5.56. The maximum Gasteiger partial charge on any atom is 0.158 e. The van der Waals surface area contributed by atoms with E-state index in [4.69, 9.17) is 28.3 Å². The molecular formula is C20H27Cl2N3O. The standard InChI is InChI=1S/C20H27Cl2N3O/c1-4-10-20(26,11-5-2)18-15-7-6-12-25(19(15)23-24(18)3)17-9-8-14(21)13-16(17)22/h8-9,13,26H,4-7,10-12H2,1-3H3. The second-order valence-corrected chi connectivity index (χ2v) is 8.00. The molecule has 1 aromatic heterocycles. The molecule has 0 radical (unpaired) electrons. The van der Waals surface area contributed by atoms with Crippen LogP contribution in [0.2, 0.25) is 10.0 Å². The zero-order chi connectivity index (χ0) is 18.9. The summed E-state index contributed by atoms with van der Waals surface area (Å²) >= 11 is 12.5. The third kappa shape index (κ3) is 3.47. The van der Waals surface area contributed by atoms with E-state index < -0.39 is 5.60 Å². The minimum atomic E-state index is -0.828. The zero-order valence-corrected chi connectivity index (χ0v) is 17.2. The first-order chi connectivity index (χ1) is 12.4. The molecule has 0 unspecified atom stereocenters. The minimum Gasteiger partial charge on any atom is -0.384 e. The second-order valence-electron chi connectivity index (χ2n) is 7.16. The van der Waals surface area contributed by atoms with Crippen molar-refractivity contribution in [3.05, 3.63) is 39.5 Å². The van der Waals surface area contributed by atoms with Gasteiger partial charge in [0.25, 0.3) is 0 Å². The smallest absolute Gasteiger partial charge is 0.158 e. The maximum atomic E-state index is 11.4. The molecular weight excluding hydrogens is 369 g/mol. The van der Waals surface area contributed by atoms with Gasteiger partial charge in [0.2, 0.25) is 0 Å². The van der Waals surface area contributed by atoms with Gasteiger partial charge in [0.05, 0.1) is 16.4 Å². The van der Waals surface area contributed by atoms with Crippen LogP contribution < -0.4 is 4.90 Å². The van der Waals surface area contributed by atoms with Crippen LogP contribution in [-0.2, 0) is 19.1 Å². The van der Waals surface area contributed by atoms with Crippen molar-refractivity contribution in [1.82, 2.24) is 9.78 Å². The fourth-order valence-corrected chi connectivity index (χ4v) is 4.74. The first-order valence-corrected chi connectivity index (χ1v) is 10.2. The van der Waals surface area contributed by atoms with Gasteiger partial charge in [-0.2, -0.15) is 5.10 Å². The Labute approximate surface area is 165 Å². The van der Waals surface area contributed by atoms with Gasteiger partial charge in [-0.25, -0.2) is 0 Å². The fourth-order valence-electron chi connectivity index (χ4n) is 4.23. The van der Waals surface area contributed by atoms with Crippen molar-refractivity contribution in [2.45, 2.75) is 58.0 Å². The van der Waals surface area contributed by atoms with Crippen LogP contribution in [0.15, 0.2) is 18.2 Å². The highest BCUT2D eigenvalue weighted by Gasteiger charge is 2.37. The van der Waals surface area contributed by atoms with Crippen molar-refractivity contribution in [3.8, 4) is 0 Å². The predicted molar refractivity (Wildman–Crippen MR) is 109 cm³/mol. The van der Waals surface area contributed by atoms with Crippen LogP contribution in [0.1, 0.15) is 57.2 Å².